The summed E-state index contributed by atoms with van der Waals surface area (Å²) in [6.07, 6.45) is 0. The fourth-order valence-electron chi connectivity index (χ4n) is 2.64. The Morgan fingerprint density at radius 3 is 2.39 bits per heavy atom. The third-order valence-electron chi connectivity index (χ3n) is 4.01. The largest absolute Gasteiger partial charge is 0.383 e. The molecule has 0 amide bonds. The van der Waals surface area contributed by atoms with E-state index in [0.29, 0.717) is 29.2 Å². The summed E-state index contributed by atoms with van der Waals surface area (Å²) in [5.41, 5.74) is 1.14. The lowest BCUT2D eigenvalue weighted by molar-refractivity contribution is 0.210. The van der Waals surface area contributed by atoms with Gasteiger partial charge in [-0.3, -0.25) is 0 Å². The normalized spacial score (nSPS) is 12.5. The number of halogens is 1. The monoisotopic (exact) mass is 416 g/mol. The number of sulfone groups is 1. The van der Waals surface area contributed by atoms with Crippen LogP contribution in [0.1, 0.15) is 10.9 Å². The van der Waals surface area contributed by atoms with Crippen molar-refractivity contribution in [1.29, 1.82) is 5.26 Å². The van der Waals surface area contributed by atoms with Crippen LogP contribution in [0.3, 0.4) is 0 Å². The zero-order valence-electron chi connectivity index (χ0n) is 15.0. The second-order valence-electron chi connectivity index (χ2n) is 5.87. The van der Waals surface area contributed by atoms with Crippen molar-refractivity contribution in [3.63, 3.8) is 0 Å². The zero-order chi connectivity index (χ0) is 20.1. The number of nitrogens with zero attached hydrogens (tertiary/aromatic N) is 3. The van der Waals surface area contributed by atoms with Gasteiger partial charge in [0.05, 0.1) is 28.6 Å². The Labute approximate surface area is 167 Å². The highest BCUT2D eigenvalue weighted by molar-refractivity contribution is 7.92. The molecular weight excluding hydrogens is 400 g/mol. The van der Waals surface area contributed by atoms with Gasteiger partial charge in [-0.2, -0.15) is 5.26 Å². The molecule has 0 aliphatic carbocycles. The van der Waals surface area contributed by atoms with Crippen molar-refractivity contribution in [3.8, 4) is 6.07 Å². The Morgan fingerprint density at radius 1 is 1.14 bits per heavy atom. The Hall–Kier alpha value is -2.73. The van der Waals surface area contributed by atoms with E-state index < -0.39 is 15.1 Å². The molecule has 0 saturated heterocycles. The summed E-state index contributed by atoms with van der Waals surface area (Å²) in [5.74, 6) is 0.236. The van der Waals surface area contributed by atoms with Crippen LogP contribution in [-0.4, -0.2) is 38.6 Å². The van der Waals surface area contributed by atoms with Crippen molar-refractivity contribution >= 4 is 38.3 Å². The van der Waals surface area contributed by atoms with Crippen molar-refractivity contribution in [2.75, 3.05) is 25.6 Å². The fourth-order valence-corrected chi connectivity index (χ4v) is 4.15. The number of nitriles is 1. The molecule has 0 saturated carbocycles. The molecule has 9 heteroatoms. The molecule has 0 fully saturated rings. The maximum Gasteiger partial charge on any atom is 0.200 e. The summed E-state index contributed by atoms with van der Waals surface area (Å²) in [4.78, 5) is 8.90. The van der Waals surface area contributed by atoms with Gasteiger partial charge in [-0.25, -0.2) is 18.4 Å². The molecule has 0 spiro atoms. The lowest BCUT2D eigenvalue weighted by atomic mass is 10.2. The number of methoxy groups -OCH3 is 1. The van der Waals surface area contributed by atoms with Crippen LogP contribution in [0, 0.1) is 11.3 Å². The van der Waals surface area contributed by atoms with E-state index in [-0.39, 0.29) is 16.4 Å². The van der Waals surface area contributed by atoms with Crippen LogP contribution < -0.4 is 5.32 Å². The maximum atomic E-state index is 13.1. The molecule has 3 aromatic rings. The zero-order valence-corrected chi connectivity index (χ0v) is 16.5. The van der Waals surface area contributed by atoms with E-state index in [2.05, 4.69) is 15.3 Å². The highest BCUT2D eigenvalue weighted by Crippen LogP contribution is 2.32. The van der Waals surface area contributed by atoms with Gasteiger partial charge in [-0.15, -0.1) is 0 Å². The van der Waals surface area contributed by atoms with Gasteiger partial charge in [0.15, 0.2) is 11.1 Å². The Bertz CT molecular complexity index is 1130. The standard InChI is InChI=1S/C19H17ClN4O3S/c1-27-11-10-22-19-18(23-15-4-2-3-5-16(15)24-19)17(12-21)28(25,26)14-8-6-13(20)7-9-14/h2-9,17H,10-11H2,1H3,(H,22,24). The number of aromatic nitrogens is 2. The van der Waals surface area contributed by atoms with Crippen LogP contribution in [0.2, 0.25) is 5.02 Å². The van der Waals surface area contributed by atoms with Crippen molar-refractivity contribution in [2.45, 2.75) is 10.1 Å². The van der Waals surface area contributed by atoms with Gasteiger partial charge >= 0.3 is 0 Å². The van der Waals surface area contributed by atoms with Crippen molar-refractivity contribution < 1.29 is 13.2 Å². The summed E-state index contributed by atoms with van der Waals surface area (Å²) in [6, 6.07) is 14.6. The van der Waals surface area contributed by atoms with Gasteiger partial charge in [0, 0.05) is 18.7 Å². The lowest BCUT2D eigenvalue weighted by Gasteiger charge is -2.16. The van der Waals surface area contributed by atoms with Gasteiger partial charge in [0.2, 0.25) is 9.84 Å². The summed E-state index contributed by atoms with van der Waals surface area (Å²) in [5, 5.41) is 11.6. The molecular formula is C19H17ClN4O3S. The number of ether oxygens (including phenoxy) is 1. The number of hydrogen-bond acceptors (Lipinski definition) is 7. The summed E-state index contributed by atoms with van der Waals surface area (Å²) >= 11 is 5.85. The Balaban J connectivity index is 2.13. The summed E-state index contributed by atoms with van der Waals surface area (Å²) in [6.45, 7) is 0.769. The van der Waals surface area contributed by atoms with Crippen LogP contribution >= 0.6 is 11.6 Å². The van der Waals surface area contributed by atoms with E-state index in [1.54, 1.807) is 25.3 Å². The van der Waals surface area contributed by atoms with Crippen molar-refractivity contribution in [3.05, 3.63) is 59.2 Å². The average molecular weight is 417 g/mol. The first-order valence-corrected chi connectivity index (χ1v) is 10.3. The maximum absolute atomic E-state index is 13.1. The molecule has 2 aromatic carbocycles. The van der Waals surface area contributed by atoms with Crippen molar-refractivity contribution in [1.82, 2.24) is 9.97 Å². The molecule has 28 heavy (non-hydrogen) atoms. The number of fused-ring (bicyclic) bond motifs is 1. The fraction of sp³-hybridized carbons (Fsp3) is 0.211. The molecule has 7 nitrogen and oxygen atoms in total. The van der Waals surface area contributed by atoms with Gasteiger partial charge in [0.25, 0.3) is 0 Å². The van der Waals surface area contributed by atoms with Crippen LogP contribution in [-0.2, 0) is 14.6 Å². The average Bonchev–Trinajstić information content (AvgIpc) is 2.69. The Morgan fingerprint density at radius 2 is 1.79 bits per heavy atom. The van der Waals surface area contributed by atoms with E-state index in [1.165, 1.54) is 24.3 Å². The molecule has 0 aliphatic rings. The second kappa shape index (κ2) is 8.52. The van der Waals surface area contributed by atoms with Gasteiger partial charge < -0.3 is 10.1 Å². The minimum atomic E-state index is -4.04. The number of para-hydroxylation sites is 2. The number of nitrogens with one attached hydrogen (secondary N) is 1. The van der Waals surface area contributed by atoms with E-state index in [9.17, 15) is 13.7 Å². The predicted molar refractivity (Wildman–Crippen MR) is 107 cm³/mol. The van der Waals surface area contributed by atoms with Crippen LogP contribution in [0.5, 0.6) is 0 Å². The molecule has 0 aliphatic heterocycles. The molecule has 1 N–H and O–H groups in total. The molecule has 1 aromatic heterocycles. The highest BCUT2D eigenvalue weighted by Gasteiger charge is 2.33. The second-order valence-corrected chi connectivity index (χ2v) is 8.34. The van der Waals surface area contributed by atoms with E-state index in [0.717, 1.165) is 0 Å². The topological polar surface area (TPSA) is 105 Å². The van der Waals surface area contributed by atoms with Crippen LogP contribution in [0.15, 0.2) is 53.4 Å². The first-order valence-electron chi connectivity index (χ1n) is 8.36. The first kappa shape index (κ1) is 20.0. The number of benzene rings is 2. The van der Waals surface area contributed by atoms with Crippen molar-refractivity contribution in [2.24, 2.45) is 0 Å². The van der Waals surface area contributed by atoms with Gasteiger partial charge in [-0.05, 0) is 36.4 Å². The molecule has 0 radical (unpaired) electrons. The first-order chi connectivity index (χ1) is 13.5. The predicted octanol–water partition coefficient (Wildman–Crippen LogP) is 3.38. The molecule has 1 unspecified atom stereocenters. The smallest absolute Gasteiger partial charge is 0.200 e. The molecule has 1 atom stereocenters. The van der Waals surface area contributed by atoms with Crippen LogP contribution in [0.4, 0.5) is 5.82 Å². The van der Waals surface area contributed by atoms with Gasteiger partial charge in [0.1, 0.15) is 5.69 Å². The number of anilines is 1. The SMILES string of the molecule is COCCNc1nc2ccccc2nc1C(C#N)S(=O)(=O)c1ccc(Cl)cc1. The van der Waals surface area contributed by atoms with E-state index in [4.69, 9.17) is 16.3 Å². The molecule has 144 valence electrons. The van der Waals surface area contributed by atoms with E-state index >= 15 is 0 Å². The molecule has 0 bridgehead atoms. The quantitative estimate of drug-likeness (QED) is 0.588. The number of hydrogen-bond donors (Lipinski definition) is 1. The van der Waals surface area contributed by atoms with E-state index in [1.807, 2.05) is 12.1 Å². The lowest BCUT2D eigenvalue weighted by Crippen LogP contribution is -2.18. The third-order valence-corrected chi connectivity index (χ3v) is 6.14. The Kier molecular flexibility index (Phi) is 6.09. The minimum Gasteiger partial charge on any atom is -0.383 e. The highest BCUT2D eigenvalue weighted by atomic mass is 35.5. The number of rotatable bonds is 7. The van der Waals surface area contributed by atoms with Crippen LogP contribution in [0.25, 0.3) is 11.0 Å². The summed E-state index contributed by atoms with van der Waals surface area (Å²) < 4.78 is 31.2. The minimum absolute atomic E-state index is 0.0127. The molecule has 3 rings (SSSR count). The third kappa shape index (κ3) is 4.07. The summed E-state index contributed by atoms with van der Waals surface area (Å²) in [7, 11) is -2.48. The molecule has 1 heterocycles. The van der Waals surface area contributed by atoms with Gasteiger partial charge in [-0.1, -0.05) is 23.7 Å².